The summed E-state index contributed by atoms with van der Waals surface area (Å²) in [6, 6.07) is 0. The minimum absolute atomic E-state index is 1.14. The smallest absolute Gasteiger partial charge is 0.0145 e. The minimum atomic E-state index is -1.85. The van der Waals surface area contributed by atoms with Gasteiger partial charge in [0.15, 0.2) is 0 Å². The van der Waals surface area contributed by atoms with E-state index in [0.29, 0.717) is 0 Å². The first kappa shape index (κ1) is 8.98. The van der Waals surface area contributed by atoms with Crippen LogP contribution in [0.15, 0.2) is 11.8 Å². The van der Waals surface area contributed by atoms with Crippen molar-refractivity contribution >= 4 is 8.48 Å². The molecule has 0 aromatic carbocycles. The SMILES string of the molecule is CCC1=CCS(C)(C)(C)(C)N1. The molecule has 0 amide bonds. The van der Waals surface area contributed by atoms with Crippen molar-refractivity contribution < 1.29 is 0 Å². The number of nitrogens with one attached hydrogen (secondary N) is 1. The molecule has 0 saturated heterocycles. The first-order valence-electron chi connectivity index (χ1n) is 4.13. The van der Waals surface area contributed by atoms with E-state index >= 15 is 0 Å². The third-order valence-corrected chi connectivity index (χ3v) is 4.96. The lowest BCUT2D eigenvalue weighted by Gasteiger charge is -2.67. The van der Waals surface area contributed by atoms with Gasteiger partial charge in [0.25, 0.3) is 0 Å². The molecule has 2 heteroatoms. The van der Waals surface area contributed by atoms with Gasteiger partial charge in [-0.25, -0.2) is 8.48 Å². The predicted molar refractivity (Wildman–Crippen MR) is 57.7 cm³/mol. The van der Waals surface area contributed by atoms with Crippen LogP contribution in [0.25, 0.3) is 0 Å². The van der Waals surface area contributed by atoms with Crippen molar-refractivity contribution in [3.8, 4) is 0 Å². The van der Waals surface area contributed by atoms with E-state index < -0.39 is 8.48 Å². The van der Waals surface area contributed by atoms with Crippen molar-refractivity contribution in [3.05, 3.63) is 11.8 Å². The third kappa shape index (κ3) is 2.16. The largest absolute Gasteiger partial charge is 0.365 e. The Balaban J connectivity index is 2.90. The van der Waals surface area contributed by atoms with Crippen molar-refractivity contribution in [2.24, 2.45) is 0 Å². The summed E-state index contributed by atoms with van der Waals surface area (Å²) in [5.74, 6) is 1.23. The molecular weight excluding hydrogens is 154 g/mol. The van der Waals surface area contributed by atoms with Gasteiger partial charge in [0, 0.05) is 5.70 Å². The average molecular weight is 175 g/mol. The van der Waals surface area contributed by atoms with Gasteiger partial charge in [-0.3, -0.25) is 0 Å². The molecule has 0 unspecified atom stereocenters. The molecular formula is C9H21NS. The van der Waals surface area contributed by atoms with Gasteiger partial charge >= 0.3 is 0 Å². The van der Waals surface area contributed by atoms with Crippen molar-refractivity contribution in [2.75, 3.05) is 30.8 Å². The Labute approximate surface area is 69.6 Å². The van der Waals surface area contributed by atoms with Crippen molar-refractivity contribution in [3.63, 3.8) is 0 Å². The Hall–Kier alpha value is -0.110. The van der Waals surface area contributed by atoms with Crippen LogP contribution in [-0.2, 0) is 0 Å². The molecule has 11 heavy (non-hydrogen) atoms. The van der Waals surface area contributed by atoms with Crippen LogP contribution in [0.5, 0.6) is 0 Å². The predicted octanol–water partition coefficient (Wildman–Crippen LogP) is 2.19. The highest BCUT2D eigenvalue weighted by Crippen LogP contribution is 2.77. The number of hydrogen-bond acceptors (Lipinski definition) is 1. The maximum absolute atomic E-state index is 3.71. The van der Waals surface area contributed by atoms with E-state index in [4.69, 9.17) is 0 Å². The van der Waals surface area contributed by atoms with E-state index in [0.717, 1.165) is 6.42 Å². The molecule has 0 saturated carbocycles. The van der Waals surface area contributed by atoms with Gasteiger partial charge < -0.3 is 4.72 Å². The lowest BCUT2D eigenvalue weighted by molar-refractivity contribution is 1.01. The second kappa shape index (κ2) is 1.63. The third-order valence-electron chi connectivity index (χ3n) is 2.07. The topological polar surface area (TPSA) is 12.0 Å². The molecule has 1 nitrogen and oxygen atoms in total. The maximum atomic E-state index is 3.71. The highest BCUT2D eigenvalue weighted by molar-refractivity contribution is 8.61. The van der Waals surface area contributed by atoms with Crippen LogP contribution >= 0.6 is 8.48 Å². The summed E-state index contributed by atoms with van der Waals surface area (Å²) < 4.78 is 3.71. The van der Waals surface area contributed by atoms with Crippen LogP contribution in [-0.4, -0.2) is 30.8 Å². The quantitative estimate of drug-likeness (QED) is 0.644. The Morgan fingerprint density at radius 3 is 2.09 bits per heavy atom. The van der Waals surface area contributed by atoms with Crippen molar-refractivity contribution in [2.45, 2.75) is 13.3 Å². The first-order chi connectivity index (χ1) is 4.64. The lowest BCUT2D eigenvalue weighted by atomic mass is 10.3. The Bertz CT molecular complexity index is 216. The van der Waals surface area contributed by atoms with Crippen molar-refractivity contribution in [1.29, 1.82) is 0 Å². The molecule has 0 radical (unpaired) electrons. The highest BCUT2D eigenvalue weighted by atomic mass is 32.4. The van der Waals surface area contributed by atoms with E-state index in [2.05, 4.69) is 42.7 Å². The second-order valence-electron chi connectivity index (χ2n) is 5.92. The lowest BCUT2D eigenvalue weighted by Crippen LogP contribution is -2.42. The van der Waals surface area contributed by atoms with Gasteiger partial charge in [-0.15, -0.1) is 0 Å². The molecule has 0 bridgehead atoms. The summed E-state index contributed by atoms with van der Waals surface area (Å²) in [4.78, 5) is 0. The molecule has 1 rings (SSSR count). The van der Waals surface area contributed by atoms with Gasteiger partial charge in [0.2, 0.25) is 0 Å². The van der Waals surface area contributed by atoms with E-state index in [9.17, 15) is 0 Å². The van der Waals surface area contributed by atoms with Crippen LogP contribution in [0, 0.1) is 0 Å². The van der Waals surface area contributed by atoms with Gasteiger partial charge in [0.1, 0.15) is 0 Å². The Kier molecular flexibility index (Phi) is 1.33. The number of rotatable bonds is 1. The van der Waals surface area contributed by atoms with E-state index in [-0.39, 0.29) is 0 Å². The van der Waals surface area contributed by atoms with Gasteiger partial charge in [-0.1, -0.05) is 13.0 Å². The zero-order chi connectivity index (χ0) is 8.81. The molecule has 1 heterocycles. The molecule has 1 aliphatic heterocycles. The molecule has 68 valence electrons. The summed E-state index contributed by atoms with van der Waals surface area (Å²) in [7, 11) is -1.85. The van der Waals surface area contributed by atoms with E-state index in [1.54, 1.807) is 0 Å². The average Bonchev–Trinajstić information content (AvgIpc) is 2.02. The van der Waals surface area contributed by atoms with Gasteiger partial charge in [0.05, 0.1) is 0 Å². The summed E-state index contributed by atoms with van der Waals surface area (Å²) in [6.45, 7) is 2.21. The van der Waals surface area contributed by atoms with Gasteiger partial charge in [-0.05, 0) is 37.2 Å². The fraction of sp³-hybridized carbons (Fsp3) is 0.778. The second-order valence-corrected chi connectivity index (χ2v) is 15.6. The summed E-state index contributed by atoms with van der Waals surface area (Å²) in [5.41, 5.74) is 1.43. The van der Waals surface area contributed by atoms with Crippen LogP contribution in [0.3, 0.4) is 0 Å². The van der Waals surface area contributed by atoms with Crippen LogP contribution in [0.4, 0.5) is 0 Å². The minimum Gasteiger partial charge on any atom is -0.365 e. The Morgan fingerprint density at radius 1 is 1.36 bits per heavy atom. The first-order valence-corrected chi connectivity index (χ1v) is 8.38. The Morgan fingerprint density at radius 2 is 1.91 bits per heavy atom. The standard InChI is InChI=1S/C9H21NS/c1-6-9-7-8-11(2,3,4,5)10-9/h7,10H,6,8H2,1-5H3. The molecule has 0 spiro atoms. The molecule has 1 N–H and O–H groups in total. The molecule has 0 aromatic rings. The zero-order valence-electron chi connectivity index (χ0n) is 8.40. The van der Waals surface area contributed by atoms with E-state index in [1.807, 2.05) is 0 Å². The zero-order valence-corrected chi connectivity index (χ0v) is 9.22. The summed E-state index contributed by atoms with van der Waals surface area (Å²) in [6.07, 6.45) is 13.1. The fourth-order valence-electron chi connectivity index (χ4n) is 1.39. The summed E-state index contributed by atoms with van der Waals surface area (Å²) in [5, 5.41) is 0. The van der Waals surface area contributed by atoms with Crippen LogP contribution in [0.1, 0.15) is 13.3 Å². The maximum Gasteiger partial charge on any atom is 0.0145 e. The summed E-state index contributed by atoms with van der Waals surface area (Å²) >= 11 is 0. The molecule has 0 aliphatic carbocycles. The number of hydrogen-bond donors (Lipinski definition) is 1. The molecule has 0 aromatic heterocycles. The molecule has 1 aliphatic rings. The molecule has 0 atom stereocenters. The van der Waals surface area contributed by atoms with Crippen LogP contribution < -0.4 is 4.72 Å². The number of allylic oxidation sites excluding steroid dienone is 1. The monoisotopic (exact) mass is 175 g/mol. The van der Waals surface area contributed by atoms with E-state index in [1.165, 1.54) is 11.4 Å². The van der Waals surface area contributed by atoms with Crippen molar-refractivity contribution in [1.82, 2.24) is 4.72 Å². The normalized spacial score (nSPS) is 37.0. The van der Waals surface area contributed by atoms with Crippen LogP contribution in [0.2, 0.25) is 0 Å². The van der Waals surface area contributed by atoms with Gasteiger partial charge in [-0.2, -0.15) is 0 Å². The highest BCUT2D eigenvalue weighted by Gasteiger charge is 2.44. The molecule has 0 fully saturated rings. The fourth-order valence-corrected chi connectivity index (χ4v) is 3.89.